The first kappa shape index (κ1) is 21.3. The zero-order chi connectivity index (χ0) is 22.6. The van der Waals surface area contributed by atoms with Crippen LogP contribution < -0.4 is 0 Å². The van der Waals surface area contributed by atoms with Crippen molar-refractivity contribution in [2.75, 3.05) is 26.3 Å². The van der Waals surface area contributed by atoms with Gasteiger partial charge in [0.2, 0.25) is 0 Å². The Morgan fingerprint density at radius 3 is 2.94 bits per heavy atom. The first-order chi connectivity index (χ1) is 16.2. The fraction of sp³-hybridized carbons (Fsp3) is 0.296. The molecule has 1 amide bonds. The molecule has 1 saturated heterocycles. The molecule has 168 valence electrons. The summed E-state index contributed by atoms with van der Waals surface area (Å²) in [5.74, 6) is 1.26. The Balaban J connectivity index is 1.32. The van der Waals surface area contributed by atoms with Crippen molar-refractivity contribution in [3.05, 3.63) is 95.8 Å². The number of aryl methyl sites for hydroxylation is 1. The topological polar surface area (TPSA) is 60.2 Å². The Kier molecular flexibility index (Phi) is 6.17. The molecule has 5 rings (SSSR count). The summed E-state index contributed by atoms with van der Waals surface area (Å²) in [7, 11) is 0. The van der Waals surface area contributed by atoms with Crippen LogP contribution in [0.2, 0.25) is 0 Å². The number of fused-ring (bicyclic) bond motifs is 1. The molecular formula is C27H28N4O2. The summed E-state index contributed by atoms with van der Waals surface area (Å²) in [6.07, 6.45) is 8.37. The molecule has 0 bridgehead atoms. The molecule has 1 aliphatic heterocycles. The lowest BCUT2D eigenvalue weighted by molar-refractivity contribution is 0.0737. The van der Waals surface area contributed by atoms with Crippen molar-refractivity contribution < 1.29 is 9.53 Å². The summed E-state index contributed by atoms with van der Waals surface area (Å²) >= 11 is 0. The van der Waals surface area contributed by atoms with Crippen molar-refractivity contribution in [1.82, 2.24) is 19.4 Å². The maximum Gasteiger partial charge on any atom is 0.253 e. The molecule has 0 saturated carbocycles. The van der Waals surface area contributed by atoms with Crippen LogP contribution in [0.1, 0.15) is 27.3 Å². The highest BCUT2D eigenvalue weighted by Gasteiger charge is 2.24. The zero-order valence-corrected chi connectivity index (χ0v) is 18.9. The van der Waals surface area contributed by atoms with Gasteiger partial charge < -0.3 is 14.2 Å². The average molecular weight is 441 g/mol. The number of aromatic nitrogens is 3. The SMILES string of the molecule is Cc1nccn1Cc1cccc(C(=O)N2CCOCC(Cc3cccc4ccncc34)C2)c1. The summed E-state index contributed by atoms with van der Waals surface area (Å²) in [5.41, 5.74) is 3.06. The summed E-state index contributed by atoms with van der Waals surface area (Å²) in [6.45, 7) is 5.19. The van der Waals surface area contributed by atoms with E-state index in [1.807, 2.05) is 54.7 Å². The van der Waals surface area contributed by atoms with E-state index in [9.17, 15) is 4.79 Å². The molecule has 3 heterocycles. The maximum atomic E-state index is 13.4. The van der Waals surface area contributed by atoms with Crippen LogP contribution in [-0.2, 0) is 17.7 Å². The Labute approximate surface area is 193 Å². The second kappa shape index (κ2) is 9.55. The fourth-order valence-electron chi connectivity index (χ4n) is 4.61. The minimum Gasteiger partial charge on any atom is -0.379 e. The molecule has 4 aromatic rings. The van der Waals surface area contributed by atoms with Gasteiger partial charge in [0.05, 0.1) is 13.2 Å². The number of carbonyl (C=O) groups is 1. The van der Waals surface area contributed by atoms with Crippen molar-refractivity contribution in [1.29, 1.82) is 0 Å². The number of hydrogen-bond donors (Lipinski definition) is 0. The Hall–Kier alpha value is -3.51. The van der Waals surface area contributed by atoms with Gasteiger partial charge in [-0.3, -0.25) is 9.78 Å². The molecule has 6 nitrogen and oxygen atoms in total. The molecule has 1 fully saturated rings. The average Bonchev–Trinajstić information content (AvgIpc) is 3.10. The number of benzene rings is 2. The second-order valence-electron chi connectivity index (χ2n) is 8.71. The summed E-state index contributed by atoms with van der Waals surface area (Å²) < 4.78 is 7.98. The van der Waals surface area contributed by atoms with Gasteiger partial charge in [0.1, 0.15) is 5.82 Å². The van der Waals surface area contributed by atoms with E-state index in [0.29, 0.717) is 32.8 Å². The van der Waals surface area contributed by atoms with Gasteiger partial charge in [-0.05, 0) is 48.1 Å². The predicted molar refractivity (Wildman–Crippen MR) is 128 cm³/mol. The van der Waals surface area contributed by atoms with Crippen LogP contribution in [0.4, 0.5) is 0 Å². The molecule has 1 aliphatic rings. The number of amides is 1. The van der Waals surface area contributed by atoms with E-state index in [4.69, 9.17) is 4.74 Å². The molecule has 0 spiro atoms. The van der Waals surface area contributed by atoms with Gasteiger partial charge >= 0.3 is 0 Å². The summed E-state index contributed by atoms with van der Waals surface area (Å²) in [4.78, 5) is 24.0. The van der Waals surface area contributed by atoms with E-state index >= 15 is 0 Å². The minimum atomic E-state index is 0.0642. The van der Waals surface area contributed by atoms with Gasteiger partial charge in [0, 0.05) is 61.3 Å². The van der Waals surface area contributed by atoms with Gasteiger partial charge in [-0.2, -0.15) is 0 Å². The van der Waals surface area contributed by atoms with Crippen molar-refractivity contribution in [2.24, 2.45) is 5.92 Å². The number of imidazole rings is 1. The van der Waals surface area contributed by atoms with Crippen LogP contribution in [0.5, 0.6) is 0 Å². The molecule has 2 aromatic carbocycles. The van der Waals surface area contributed by atoms with Crippen molar-refractivity contribution in [2.45, 2.75) is 19.9 Å². The second-order valence-corrected chi connectivity index (χ2v) is 8.71. The quantitative estimate of drug-likeness (QED) is 0.468. The van der Waals surface area contributed by atoms with Crippen molar-refractivity contribution in [3.63, 3.8) is 0 Å². The number of hydrogen-bond acceptors (Lipinski definition) is 4. The lowest BCUT2D eigenvalue weighted by Crippen LogP contribution is -2.36. The fourth-order valence-corrected chi connectivity index (χ4v) is 4.61. The largest absolute Gasteiger partial charge is 0.379 e. The standard InChI is InChI=1S/C27H28N4O2/c1-20-29-10-11-30(20)17-21-4-2-7-25(14-21)27(32)31-12-13-33-19-22(18-31)15-24-6-3-5-23-8-9-28-16-26(23)24/h2-11,14,16,22H,12-13,15,17-19H2,1H3. The molecule has 0 N–H and O–H groups in total. The number of rotatable bonds is 5. The van der Waals surface area contributed by atoms with Crippen LogP contribution in [0, 0.1) is 12.8 Å². The monoisotopic (exact) mass is 440 g/mol. The highest BCUT2D eigenvalue weighted by molar-refractivity contribution is 5.94. The van der Waals surface area contributed by atoms with Gasteiger partial charge in [-0.15, -0.1) is 0 Å². The number of nitrogens with zero attached hydrogens (tertiary/aromatic N) is 4. The molecule has 33 heavy (non-hydrogen) atoms. The van der Waals surface area contributed by atoms with Crippen LogP contribution in [0.3, 0.4) is 0 Å². The normalized spacial score (nSPS) is 16.6. The third-order valence-corrected chi connectivity index (χ3v) is 6.36. The van der Waals surface area contributed by atoms with E-state index in [0.717, 1.165) is 23.4 Å². The lowest BCUT2D eigenvalue weighted by atomic mass is 9.95. The predicted octanol–water partition coefficient (Wildman–Crippen LogP) is 4.12. The highest BCUT2D eigenvalue weighted by atomic mass is 16.5. The Morgan fingerprint density at radius 1 is 1.15 bits per heavy atom. The summed E-state index contributed by atoms with van der Waals surface area (Å²) in [6, 6.07) is 16.3. The number of pyridine rings is 1. The van der Waals surface area contributed by atoms with E-state index in [-0.39, 0.29) is 11.8 Å². The van der Waals surface area contributed by atoms with E-state index in [1.54, 1.807) is 6.20 Å². The van der Waals surface area contributed by atoms with Gasteiger partial charge in [0.15, 0.2) is 0 Å². The van der Waals surface area contributed by atoms with Crippen LogP contribution in [0.15, 0.2) is 73.3 Å². The highest BCUT2D eigenvalue weighted by Crippen LogP contribution is 2.23. The van der Waals surface area contributed by atoms with Gasteiger partial charge in [0.25, 0.3) is 5.91 Å². The molecule has 2 aromatic heterocycles. The Bertz CT molecular complexity index is 1260. The van der Waals surface area contributed by atoms with Crippen LogP contribution in [0.25, 0.3) is 10.8 Å². The van der Waals surface area contributed by atoms with Crippen LogP contribution in [-0.4, -0.2) is 51.6 Å². The third kappa shape index (κ3) is 4.81. The zero-order valence-electron chi connectivity index (χ0n) is 18.9. The molecule has 0 radical (unpaired) electrons. The van der Waals surface area contributed by atoms with Gasteiger partial charge in [-0.1, -0.05) is 30.3 Å². The van der Waals surface area contributed by atoms with E-state index in [1.165, 1.54) is 16.3 Å². The first-order valence-corrected chi connectivity index (χ1v) is 11.4. The van der Waals surface area contributed by atoms with Crippen molar-refractivity contribution >= 4 is 16.7 Å². The van der Waals surface area contributed by atoms with Crippen LogP contribution >= 0.6 is 0 Å². The first-order valence-electron chi connectivity index (χ1n) is 11.4. The molecular weight excluding hydrogens is 412 g/mol. The number of carbonyl (C=O) groups excluding carboxylic acids is 1. The number of ether oxygens (including phenoxy) is 1. The molecule has 1 atom stereocenters. The minimum absolute atomic E-state index is 0.0642. The smallest absolute Gasteiger partial charge is 0.253 e. The molecule has 1 unspecified atom stereocenters. The Morgan fingerprint density at radius 2 is 2.06 bits per heavy atom. The molecule has 6 heteroatoms. The molecule has 0 aliphatic carbocycles. The third-order valence-electron chi connectivity index (χ3n) is 6.36. The van der Waals surface area contributed by atoms with E-state index in [2.05, 4.69) is 38.8 Å². The summed E-state index contributed by atoms with van der Waals surface area (Å²) in [5, 5.41) is 2.36. The van der Waals surface area contributed by atoms with Crippen molar-refractivity contribution in [3.8, 4) is 0 Å². The van der Waals surface area contributed by atoms with E-state index < -0.39 is 0 Å². The van der Waals surface area contributed by atoms with Gasteiger partial charge in [-0.25, -0.2) is 4.98 Å². The lowest BCUT2D eigenvalue weighted by Gasteiger charge is -2.24. The maximum absolute atomic E-state index is 13.4.